The number of anilines is 1. The van der Waals surface area contributed by atoms with E-state index >= 15 is 0 Å². The third kappa shape index (κ3) is 3.72. The Morgan fingerprint density at radius 1 is 0.929 bits per heavy atom. The van der Waals surface area contributed by atoms with Crippen molar-refractivity contribution in [3.05, 3.63) is 77.9 Å². The van der Waals surface area contributed by atoms with Crippen LogP contribution in [-0.2, 0) is 4.79 Å². The molecule has 28 heavy (non-hydrogen) atoms. The van der Waals surface area contributed by atoms with Crippen molar-refractivity contribution in [2.75, 3.05) is 31.1 Å². The molecule has 1 saturated heterocycles. The Morgan fingerprint density at radius 2 is 1.64 bits per heavy atom. The van der Waals surface area contributed by atoms with Gasteiger partial charge >= 0.3 is 0 Å². The summed E-state index contributed by atoms with van der Waals surface area (Å²) < 4.78 is 0. The summed E-state index contributed by atoms with van der Waals surface area (Å²) in [6.07, 6.45) is 1.65. The average molecular weight is 368 g/mol. The Morgan fingerprint density at radius 3 is 2.39 bits per heavy atom. The number of piperazine rings is 1. The van der Waals surface area contributed by atoms with Crippen molar-refractivity contribution < 1.29 is 4.79 Å². The lowest BCUT2D eigenvalue weighted by Crippen LogP contribution is -2.49. The van der Waals surface area contributed by atoms with Crippen molar-refractivity contribution in [1.29, 1.82) is 5.26 Å². The zero-order valence-electron chi connectivity index (χ0n) is 15.5. The second-order valence-electron chi connectivity index (χ2n) is 6.72. The Kier molecular flexibility index (Phi) is 5.03. The lowest BCUT2D eigenvalue weighted by atomic mass is 10.1. The van der Waals surface area contributed by atoms with Crippen molar-refractivity contribution in [2.24, 2.45) is 0 Å². The number of carbonyl (C=O) groups excluding carboxylic acids is 1. The SMILES string of the molecule is N#C/C(=C\c1ccccc1)C(=O)N1CCN(c2ccc3ccccc3n2)CC1. The van der Waals surface area contributed by atoms with E-state index in [0.29, 0.717) is 26.2 Å². The first-order valence-corrected chi connectivity index (χ1v) is 9.31. The fraction of sp³-hybridized carbons (Fsp3) is 0.174. The highest BCUT2D eigenvalue weighted by Gasteiger charge is 2.24. The van der Waals surface area contributed by atoms with Crippen molar-refractivity contribution in [2.45, 2.75) is 0 Å². The molecule has 4 rings (SSSR count). The van der Waals surface area contributed by atoms with Crippen LogP contribution in [0.15, 0.2) is 72.3 Å². The number of para-hydroxylation sites is 1. The third-order valence-corrected chi connectivity index (χ3v) is 4.94. The highest BCUT2D eigenvalue weighted by Crippen LogP contribution is 2.20. The van der Waals surface area contributed by atoms with Gasteiger partial charge in [0, 0.05) is 31.6 Å². The van der Waals surface area contributed by atoms with Gasteiger partial charge in [0.05, 0.1) is 5.52 Å². The van der Waals surface area contributed by atoms with E-state index < -0.39 is 0 Å². The number of amides is 1. The number of benzene rings is 2. The molecule has 0 saturated carbocycles. The van der Waals surface area contributed by atoms with E-state index in [0.717, 1.165) is 22.3 Å². The van der Waals surface area contributed by atoms with Gasteiger partial charge in [-0.05, 0) is 29.8 Å². The van der Waals surface area contributed by atoms with Gasteiger partial charge in [0.25, 0.3) is 5.91 Å². The molecule has 0 atom stereocenters. The van der Waals surface area contributed by atoms with Crippen LogP contribution in [0.4, 0.5) is 5.82 Å². The summed E-state index contributed by atoms with van der Waals surface area (Å²) in [4.78, 5) is 21.4. The van der Waals surface area contributed by atoms with Crippen molar-refractivity contribution in [3.63, 3.8) is 0 Å². The molecule has 0 radical (unpaired) electrons. The first kappa shape index (κ1) is 17.7. The molecule has 0 spiro atoms. The number of nitrogens with zero attached hydrogens (tertiary/aromatic N) is 4. The molecule has 0 N–H and O–H groups in total. The molecule has 1 aliphatic rings. The Bertz CT molecular complexity index is 1060. The van der Waals surface area contributed by atoms with Crippen LogP contribution in [0.5, 0.6) is 0 Å². The summed E-state index contributed by atoms with van der Waals surface area (Å²) in [5.74, 6) is 0.712. The third-order valence-electron chi connectivity index (χ3n) is 4.94. The number of fused-ring (bicyclic) bond motifs is 1. The number of hydrogen-bond donors (Lipinski definition) is 0. The van der Waals surface area contributed by atoms with Gasteiger partial charge in [-0.1, -0.05) is 48.5 Å². The minimum absolute atomic E-state index is 0.170. The molecule has 2 aromatic carbocycles. The fourth-order valence-electron chi connectivity index (χ4n) is 3.40. The monoisotopic (exact) mass is 368 g/mol. The number of hydrogen-bond acceptors (Lipinski definition) is 4. The average Bonchev–Trinajstić information content (AvgIpc) is 2.77. The standard InChI is InChI=1S/C23H20N4O/c24-17-20(16-18-6-2-1-3-7-18)23(28)27-14-12-26(13-15-27)22-11-10-19-8-4-5-9-21(19)25-22/h1-11,16H,12-15H2/b20-16+. The summed E-state index contributed by atoms with van der Waals surface area (Å²) in [5.41, 5.74) is 1.99. The second kappa shape index (κ2) is 7.93. The molecule has 0 aliphatic carbocycles. The van der Waals surface area contributed by atoms with Crippen LogP contribution >= 0.6 is 0 Å². The second-order valence-corrected chi connectivity index (χ2v) is 6.72. The zero-order chi connectivity index (χ0) is 19.3. The quantitative estimate of drug-likeness (QED) is 0.524. The number of rotatable bonds is 3. The van der Waals surface area contributed by atoms with Crippen LogP contribution in [0.1, 0.15) is 5.56 Å². The van der Waals surface area contributed by atoms with E-state index in [4.69, 9.17) is 4.98 Å². The van der Waals surface area contributed by atoms with E-state index in [1.165, 1.54) is 0 Å². The summed E-state index contributed by atoms with van der Waals surface area (Å²) in [5, 5.41) is 10.5. The molecular weight excluding hydrogens is 348 g/mol. The van der Waals surface area contributed by atoms with E-state index in [-0.39, 0.29) is 11.5 Å². The van der Waals surface area contributed by atoms with Gasteiger partial charge in [-0.3, -0.25) is 4.79 Å². The highest BCUT2D eigenvalue weighted by molar-refractivity contribution is 6.01. The maximum Gasteiger partial charge on any atom is 0.264 e. The summed E-state index contributed by atoms with van der Waals surface area (Å²) >= 11 is 0. The van der Waals surface area contributed by atoms with Crippen molar-refractivity contribution in [3.8, 4) is 6.07 Å². The van der Waals surface area contributed by atoms with Crippen LogP contribution in [0.3, 0.4) is 0 Å². The van der Waals surface area contributed by atoms with Gasteiger partial charge in [0.2, 0.25) is 0 Å². The number of carbonyl (C=O) groups is 1. The molecule has 3 aromatic rings. The fourth-order valence-corrected chi connectivity index (χ4v) is 3.40. The van der Waals surface area contributed by atoms with E-state index in [9.17, 15) is 10.1 Å². The first-order valence-electron chi connectivity index (χ1n) is 9.31. The van der Waals surface area contributed by atoms with Crippen molar-refractivity contribution in [1.82, 2.24) is 9.88 Å². The molecule has 2 heterocycles. The predicted molar refractivity (Wildman–Crippen MR) is 111 cm³/mol. The normalized spacial score (nSPS) is 14.8. The molecular formula is C23H20N4O. The van der Waals surface area contributed by atoms with Gasteiger partial charge in [0.15, 0.2) is 0 Å². The van der Waals surface area contributed by atoms with Crippen LogP contribution < -0.4 is 4.90 Å². The molecule has 5 nitrogen and oxygen atoms in total. The predicted octanol–water partition coefficient (Wildman–Crippen LogP) is 3.49. The van der Waals surface area contributed by atoms with E-state index in [1.807, 2.05) is 60.7 Å². The lowest BCUT2D eigenvalue weighted by Gasteiger charge is -2.35. The number of pyridine rings is 1. The highest BCUT2D eigenvalue weighted by atomic mass is 16.2. The molecule has 138 valence electrons. The zero-order valence-corrected chi connectivity index (χ0v) is 15.5. The van der Waals surface area contributed by atoms with Gasteiger partial charge < -0.3 is 9.80 Å². The maximum atomic E-state index is 12.8. The molecule has 1 amide bonds. The Balaban J connectivity index is 1.45. The van der Waals surface area contributed by atoms with Gasteiger partial charge in [-0.2, -0.15) is 5.26 Å². The molecule has 1 fully saturated rings. The first-order chi connectivity index (χ1) is 13.7. The van der Waals surface area contributed by atoms with Crippen LogP contribution in [0, 0.1) is 11.3 Å². The molecule has 0 unspecified atom stereocenters. The van der Waals surface area contributed by atoms with Gasteiger partial charge in [-0.25, -0.2) is 4.98 Å². The topological polar surface area (TPSA) is 60.2 Å². The molecule has 1 aromatic heterocycles. The van der Waals surface area contributed by atoms with Crippen LogP contribution in [-0.4, -0.2) is 42.0 Å². The largest absolute Gasteiger partial charge is 0.353 e. The van der Waals surface area contributed by atoms with E-state index in [2.05, 4.69) is 17.0 Å². The minimum Gasteiger partial charge on any atom is -0.353 e. The molecule has 5 heteroatoms. The number of nitriles is 1. The Hall–Kier alpha value is -3.65. The van der Waals surface area contributed by atoms with Crippen molar-refractivity contribution >= 4 is 28.7 Å². The van der Waals surface area contributed by atoms with Crippen LogP contribution in [0.2, 0.25) is 0 Å². The van der Waals surface area contributed by atoms with Gasteiger partial charge in [-0.15, -0.1) is 0 Å². The lowest BCUT2D eigenvalue weighted by molar-refractivity contribution is -0.126. The minimum atomic E-state index is -0.211. The summed E-state index contributed by atoms with van der Waals surface area (Å²) in [7, 11) is 0. The number of aromatic nitrogens is 1. The maximum absolute atomic E-state index is 12.8. The Labute approximate surface area is 164 Å². The smallest absolute Gasteiger partial charge is 0.264 e. The summed E-state index contributed by atoms with van der Waals surface area (Å²) in [6, 6.07) is 23.6. The molecule has 0 bridgehead atoms. The summed E-state index contributed by atoms with van der Waals surface area (Å²) in [6.45, 7) is 2.53. The van der Waals surface area contributed by atoms with E-state index in [1.54, 1.807) is 11.0 Å². The van der Waals surface area contributed by atoms with Gasteiger partial charge in [0.1, 0.15) is 17.5 Å². The van der Waals surface area contributed by atoms with Crippen LogP contribution in [0.25, 0.3) is 17.0 Å². The molecule has 1 aliphatic heterocycles.